The van der Waals surface area contributed by atoms with Gasteiger partial charge in [-0.15, -0.1) is 0 Å². The highest BCUT2D eigenvalue weighted by molar-refractivity contribution is 5.88. The fourth-order valence-corrected chi connectivity index (χ4v) is 4.28. The lowest BCUT2D eigenvalue weighted by atomic mass is 10.0. The van der Waals surface area contributed by atoms with Gasteiger partial charge in [0, 0.05) is 35.3 Å². The first-order valence-electron chi connectivity index (χ1n) is 11.0. The van der Waals surface area contributed by atoms with Crippen LogP contribution in [0.15, 0.2) is 54.7 Å². The number of anilines is 3. The van der Waals surface area contributed by atoms with Crippen LogP contribution in [0.3, 0.4) is 0 Å². The summed E-state index contributed by atoms with van der Waals surface area (Å²) < 4.78 is 14.2. The van der Waals surface area contributed by atoms with Gasteiger partial charge in [-0.2, -0.15) is 0 Å². The molecule has 0 amide bonds. The van der Waals surface area contributed by atoms with E-state index in [0.29, 0.717) is 23.7 Å². The second-order valence-electron chi connectivity index (χ2n) is 8.25. The van der Waals surface area contributed by atoms with Crippen LogP contribution in [-0.2, 0) is 6.42 Å². The zero-order valence-electron chi connectivity index (χ0n) is 18.8. The highest BCUT2D eigenvalue weighted by Crippen LogP contribution is 2.28. The van der Waals surface area contributed by atoms with Crippen LogP contribution in [-0.4, -0.2) is 26.5 Å². The Morgan fingerprint density at radius 2 is 1.70 bits per heavy atom. The first-order chi connectivity index (χ1) is 16.0. The quantitative estimate of drug-likeness (QED) is 0.303. The first kappa shape index (κ1) is 20.9. The molecule has 0 aliphatic heterocycles. The average Bonchev–Trinajstić information content (AvgIpc) is 3.13. The number of rotatable bonds is 6. The first-order valence-corrected chi connectivity index (χ1v) is 11.0. The summed E-state index contributed by atoms with van der Waals surface area (Å²) in [5.41, 5.74) is 3.76. The van der Waals surface area contributed by atoms with Gasteiger partial charge in [0.1, 0.15) is 29.1 Å². The number of hydrogen-bond acceptors (Lipinski definition) is 5. The lowest BCUT2D eigenvalue weighted by Gasteiger charge is -2.11. The highest BCUT2D eigenvalue weighted by Gasteiger charge is 2.14. The number of halogens is 1. The second-order valence-corrected chi connectivity index (χ2v) is 8.25. The number of fused-ring (bicyclic) bond motifs is 2. The summed E-state index contributed by atoms with van der Waals surface area (Å²) in [7, 11) is 0. The smallest absolute Gasteiger partial charge is 0.147 e. The Labute approximate surface area is 191 Å². The van der Waals surface area contributed by atoms with Gasteiger partial charge in [0.25, 0.3) is 0 Å². The Morgan fingerprint density at radius 1 is 0.909 bits per heavy atom. The monoisotopic (exact) mass is 440 g/mol. The van der Waals surface area contributed by atoms with Crippen molar-refractivity contribution in [3.63, 3.8) is 0 Å². The van der Waals surface area contributed by atoms with E-state index in [4.69, 9.17) is 0 Å². The molecule has 33 heavy (non-hydrogen) atoms. The predicted octanol–water partition coefficient (Wildman–Crippen LogP) is 5.97. The topological polar surface area (TPSA) is 78.5 Å². The number of hydrogen-bond donors (Lipinski definition) is 3. The number of aromatic nitrogens is 4. The van der Waals surface area contributed by atoms with Crippen molar-refractivity contribution >= 4 is 39.1 Å². The summed E-state index contributed by atoms with van der Waals surface area (Å²) in [6.45, 7) is 6.52. The Morgan fingerprint density at radius 3 is 2.55 bits per heavy atom. The molecular weight excluding hydrogens is 415 g/mol. The van der Waals surface area contributed by atoms with Crippen LogP contribution in [0.5, 0.6) is 0 Å². The maximum atomic E-state index is 14.2. The fraction of sp³-hybridized carbons (Fsp3) is 0.192. The van der Waals surface area contributed by atoms with E-state index in [1.165, 1.54) is 6.07 Å². The number of nitrogens with one attached hydrogen (secondary N) is 3. The van der Waals surface area contributed by atoms with Crippen LogP contribution >= 0.6 is 0 Å². The van der Waals surface area contributed by atoms with Gasteiger partial charge in [-0.25, -0.2) is 19.3 Å². The van der Waals surface area contributed by atoms with E-state index < -0.39 is 0 Å². The number of nitrogens with zero attached hydrogens (tertiary/aromatic N) is 3. The van der Waals surface area contributed by atoms with Crippen LogP contribution in [0.4, 0.5) is 21.8 Å². The zero-order chi connectivity index (χ0) is 22.9. The molecule has 0 bridgehead atoms. The van der Waals surface area contributed by atoms with Gasteiger partial charge >= 0.3 is 0 Å². The normalized spacial score (nSPS) is 11.3. The molecule has 2 aromatic carbocycles. The summed E-state index contributed by atoms with van der Waals surface area (Å²) in [4.78, 5) is 16.7. The summed E-state index contributed by atoms with van der Waals surface area (Å²) in [6.07, 6.45) is 2.59. The molecule has 0 spiro atoms. The molecule has 0 atom stereocenters. The molecule has 3 heterocycles. The minimum Gasteiger partial charge on any atom is -0.370 e. The highest BCUT2D eigenvalue weighted by atomic mass is 19.1. The second kappa shape index (κ2) is 8.50. The molecule has 0 unspecified atom stereocenters. The van der Waals surface area contributed by atoms with Crippen LogP contribution in [0.1, 0.15) is 22.6 Å². The Bertz CT molecular complexity index is 1470. The number of H-pyrrole nitrogens is 1. The van der Waals surface area contributed by atoms with Gasteiger partial charge in [0.05, 0.1) is 5.52 Å². The van der Waals surface area contributed by atoms with E-state index in [9.17, 15) is 4.39 Å². The van der Waals surface area contributed by atoms with Crippen LogP contribution in [0, 0.1) is 26.6 Å². The molecule has 3 N–H and O–H groups in total. The van der Waals surface area contributed by atoms with E-state index in [1.54, 1.807) is 0 Å². The van der Waals surface area contributed by atoms with E-state index in [2.05, 4.69) is 36.6 Å². The maximum Gasteiger partial charge on any atom is 0.147 e. The van der Waals surface area contributed by atoms with Gasteiger partial charge in [-0.3, -0.25) is 0 Å². The predicted molar refractivity (Wildman–Crippen MR) is 132 cm³/mol. The van der Waals surface area contributed by atoms with Crippen LogP contribution < -0.4 is 10.6 Å². The SMILES string of the molecule is Cc1nc(NCCc2c(C)[nH]c3c(F)ccc(C)c23)cc(Nc2cc3ccccc3cn2)n1. The molecule has 5 aromatic rings. The number of pyridine rings is 1. The van der Waals surface area contributed by atoms with Crippen molar-refractivity contribution in [1.29, 1.82) is 0 Å². The fourth-order valence-electron chi connectivity index (χ4n) is 4.28. The molecular formula is C26H25FN6. The maximum absolute atomic E-state index is 14.2. The number of aromatic amines is 1. The van der Waals surface area contributed by atoms with Crippen molar-refractivity contribution < 1.29 is 4.39 Å². The Kier molecular flexibility index (Phi) is 5.38. The molecule has 0 saturated carbocycles. The van der Waals surface area contributed by atoms with Gasteiger partial charge in [-0.1, -0.05) is 30.3 Å². The van der Waals surface area contributed by atoms with Crippen LogP contribution in [0.2, 0.25) is 0 Å². The molecule has 0 fully saturated rings. The molecule has 5 rings (SSSR count). The van der Waals surface area contributed by atoms with E-state index in [-0.39, 0.29) is 5.82 Å². The summed E-state index contributed by atoms with van der Waals surface area (Å²) in [5, 5.41) is 9.84. The van der Waals surface area contributed by atoms with Crippen molar-refractivity contribution in [3.8, 4) is 0 Å². The molecule has 0 saturated heterocycles. The Hall–Kier alpha value is -4.00. The third kappa shape index (κ3) is 4.22. The summed E-state index contributed by atoms with van der Waals surface area (Å²) >= 11 is 0. The number of aryl methyl sites for hydroxylation is 3. The van der Waals surface area contributed by atoms with E-state index in [1.807, 2.05) is 63.4 Å². The van der Waals surface area contributed by atoms with E-state index >= 15 is 0 Å². The number of benzene rings is 2. The molecule has 0 aliphatic rings. The summed E-state index contributed by atoms with van der Waals surface area (Å²) in [5.74, 6) is 2.57. The standard InChI is InChI=1S/C26H25FN6/c1-15-8-9-21(27)26-25(15)20(16(2)30-26)10-11-28-23-13-24(32-17(3)31-23)33-22-12-18-6-4-5-7-19(18)14-29-22/h4-9,12-14,30H,10-11H2,1-3H3,(H2,28,29,31,32,33). The van der Waals surface area contributed by atoms with Crippen molar-refractivity contribution in [2.45, 2.75) is 27.2 Å². The minimum atomic E-state index is -0.220. The molecule has 0 radical (unpaired) electrons. The average molecular weight is 441 g/mol. The van der Waals surface area contributed by atoms with Gasteiger partial charge in [-0.05, 0) is 55.8 Å². The lowest BCUT2D eigenvalue weighted by molar-refractivity contribution is 0.637. The molecule has 166 valence electrons. The largest absolute Gasteiger partial charge is 0.370 e. The molecule has 7 heteroatoms. The minimum absolute atomic E-state index is 0.220. The third-order valence-corrected chi connectivity index (χ3v) is 5.84. The van der Waals surface area contributed by atoms with Crippen molar-refractivity contribution in [3.05, 3.63) is 83.2 Å². The third-order valence-electron chi connectivity index (χ3n) is 5.84. The van der Waals surface area contributed by atoms with Crippen molar-refractivity contribution in [2.24, 2.45) is 0 Å². The van der Waals surface area contributed by atoms with Crippen molar-refractivity contribution in [2.75, 3.05) is 17.2 Å². The lowest BCUT2D eigenvalue weighted by Crippen LogP contribution is -2.09. The zero-order valence-corrected chi connectivity index (χ0v) is 18.8. The van der Waals surface area contributed by atoms with Gasteiger partial charge in [0.2, 0.25) is 0 Å². The van der Waals surface area contributed by atoms with E-state index in [0.717, 1.165) is 51.0 Å². The molecule has 3 aromatic heterocycles. The molecule has 0 aliphatic carbocycles. The van der Waals surface area contributed by atoms with Crippen LogP contribution in [0.25, 0.3) is 21.7 Å². The van der Waals surface area contributed by atoms with Crippen molar-refractivity contribution in [1.82, 2.24) is 19.9 Å². The Balaban J connectivity index is 1.32. The van der Waals surface area contributed by atoms with Gasteiger partial charge in [0.15, 0.2) is 0 Å². The molecule has 6 nitrogen and oxygen atoms in total. The van der Waals surface area contributed by atoms with Gasteiger partial charge < -0.3 is 15.6 Å². The summed E-state index contributed by atoms with van der Waals surface area (Å²) in [6, 6.07) is 15.3.